The molecule has 2 rings (SSSR count). The summed E-state index contributed by atoms with van der Waals surface area (Å²) < 4.78 is 52.6. The van der Waals surface area contributed by atoms with Crippen LogP contribution in [0.2, 0.25) is 0 Å². The molecule has 114 valence electrons. The van der Waals surface area contributed by atoms with Crippen LogP contribution in [0.4, 0.5) is 28.9 Å². The number of halogens is 4. The first-order chi connectivity index (χ1) is 10.4. The molecule has 5 nitrogen and oxygen atoms in total. The Hall–Kier alpha value is -2.97. The Morgan fingerprint density at radius 3 is 2.32 bits per heavy atom. The van der Waals surface area contributed by atoms with E-state index in [4.69, 9.17) is 0 Å². The zero-order valence-corrected chi connectivity index (χ0v) is 10.7. The van der Waals surface area contributed by atoms with Gasteiger partial charge in [-0.2, -0.15) is 5.10 Å². The van der Waals surface area contributed by atoms with Crippen molar-refractivity contribution in [2.75, 3.05) is 5.43 Å². The highest BCUT2D eigenvalue weighted by molar-refractivity contribution is 5.81. The maximum absolute atomic E-state index is 13.3. The Labute approximate surface area is 121 Å². The molecule has 0 unspecified atom stereocenters. The molecular formula is C13H7F4N3O2. The van der Waals surface area contributed by atoms with E-state index in [1.807, 2.05) is 5.43 Å². The number of nitro benzene ring substituents is 1. The molecule has 0 aromatic heterocycles. The van der Waals surface area contributed by atoms with E-state index < -0.39 is 33.9 Å². The van der Waals surface area contributed by atoms with Crippen LogP contribution in [-0.2, 0) is 0 Å². The Morgan fingerprint density at radius 1 is 1.09 bits per heavy atom. The van der Waals surface area contributed by atoms with Gasteiger partial charge in [0.25, 0.3) is 5.69 Å². The molecule has 2 aromatic carbocycles. The van der Waals surface area contributed by atoms with Gasteiger partial charge in [0.05, 0.1) is 11.1 Å². The molecule has 1 N–H and O–H groups in total. The first-order valence-electron chi connectivity index (χ1n) is 5.76. The number of nitro groups is 1. The van der Waals surface area contributed by atoms with Crippen molar-refractivity contribution in [3.05, 3.63) is 69.3 Å². The molecule has 0 atom stereocenters. The van der Waals surface area contributed by atoms with Crippen LogP contribution >= 0.6 is 0 Å². The molecule has 0 spiro atoms. The fourth-order valence-electron chi connectivity index (χ4n) is 1.56. The third-order valence-corrected chi connectivity index (χ3v) is 2.58. The average Bonchev–Trinajstić information content (AvgIpc) is 2.49. The summed E-state index contributed by atoms with van der Waals surface area (Å²) in [7, 11) is 0. The summed E-state index contributed by atoms with van der Waals surface area (Å²) in [5.74, 6) is -6.41. The number of nitrogens with one attached hydrogen (secondary N) is 1. The molecule has 22 heavy (non-hydrogen) atoms. The highest BCUT2D eigenvalue weighted by Crippen LogP contribution is 2.24. The van der Waals surface area contributed by atoms with Gasteiger partial charge in [-0.1, -0.05) is 12.1 Å². The predicted molar refractivity (Wildman–Crippen MR) is 70.6 cm³/mol. The number of hydrogen-bond acceptors (Lipinski definition) is 4. The summed E-state index contributed by atoms with van der Waals surface area (Å²) in [6.45, 7) is 0. The third-order valence-electron chi connectivity index (χ3n) is 2.58. The lowest BCUT2D eigenvalue weighted by Gasteiger charge is -2.05. The first kappa shape index (κ1) is 15.4. The third kappa shape index (κ3) is 3.19. The second kappa shape index (κ2) is 6.20. The normalized spacial score (nSPS) is 10.9. The van der Waals surface area contributed by atoms with E-state index in [2.05, 4.69) is 5.10 Å². The van der Waals surface area contributed by atoms with Crippen LogP contribution in [0, 0.1) is 33.4 Å². The van der Waals surface area contributed by atoms with Gasteiger partial charge >= 0.3 is 0 Å². The van der Waals surface area contributed by atoms with Crippen molar-refractivity contribution in [1.29, 1.82) is 0 Å². The molecule has 0 aliphatic rings. The van der Waals surface area contributed by atoms with Crippen LogP contribution < -0.4 is 5.43 Å². The number of nitrogens with zero attached hydrogens (tertiary/aromatic N) is 2. The number of rotatable bonds is 4. The van der Waals surface area contributed by atoms with Crippen LogP contribution in [0.5, 0.6) is 0 Å². The van der Waals surface area contributed by atoms with Crippen molar-refractivity contribution >= 4 is 17.6 Å². The van der Waals surface area contributed by atoms with Crippen LogP contribution in [0.25, 0.3) is 0 Å². The fourth-order valence-corrected chi connectivity index (χ4v) is 1.56. The van der Waals surface area contributed by atoms with Gasteiger partial charge in [-0.05, 0) is 0 Å². The monoisotopic (exact) mass is 313 g/mol. The maximum atomic E-state index is 13.3. The van der Waals surface area contributed by atoms with Gasteiger partial charge in [0, 0.05) is 23.8 Å². The molecule has 0 saturated heterocycles. The zero-order valence-electron chi connectivity index (χ0n) is 10.7. The Morgan fingerprint density at radius 2 is 1.73 bits per heavy atom. The van der Waals surface area contributed by atoms with Gasteiger partial charge in [-0.3, -0.25) is 15.5 Å². The van der Waals surface area contributed by atoms with Gasteiger partial charge < -0.3 is 0 Å². The molecule has 2 aromatic rings. The minimum atomic E-state index is -1.63. The summed E-state index contributed by atoms with van der Waals surface area (Å²) in [6, 6.07) is 5.29. The van der Waals surface area contributed by atoms with Gasteiger partial charge in [0.1, 0.15) is 5.69 Å². The van der Waals surface area contributed by atoms with Gasteiger partial charge in [0.15, 0.2) is 23.3 Å². The van der Waals surface area contributed by atoms with Gasteiger partial charge in [-0.25, -0.2) is 17.6 Å². The van der Waals surface area contributed by atoms with Gasteiger partial charge in [-0.15, -0.1) is 0 Å². The van der Waals surface area contributed by atoms with Gasteiger partial charge in [0.2, 0.25) is 0 Å². The molecule has 0 heterocycles. The largest absolute Gasteiger partial charge is 0.272 e. The van der Waals surface area contributed by atoms with Crippen molar-refractivity contribution in [3.8, 4) is 0 Å². The summed E-state index contributed by atoms with van der Waals surface area (Å²) in [5, 5.41) is 14.0. The number of hydrazone groups is 1. The standard InChI is InChI=1S/C13H7F4N3O2/c14-9-5-10(15)12(17)13(11(9)16)19-18-6-7-2-1-3-8(4-7)20(21)22/h1-6,19H. The number of non-ortho nitro benzene ring substituents is 1. The second-order valence-corrected chi connectivity index (χ2v) is 4.07. The number of benzene rings is 2. The minimum absolute atomic E-state index is 0.0696. The van der Waals surface area contributed by atoms with E-state index in [1.165, 1.54) is 18.2 Å². The molecule has 0 saturated carbocycles. The van der Waals surface area contributed by atoms with Crippen molar-refractivity contribution in [3.63, 3.8) is 0 Å². The van der Waals surface area contributed by atoms with E-state index in [0.29, 0.717) is 0 Å². The van der Waals surface area contributed by atoms with Crippen LogP contribution in [0.3, 0.4) is 0 Å². The average molecular weight is 313 g/mol. The van der Waals surface area contributed by atoms with Crippen LogP contribution in [0.15, 0.2) is 35.4 Å². The molecule has 0 radical (unpaired) electrons. The van der Waals surface area contributed by atoms with Crippen molar-refractivity contribution in [1.82, 2.24) is 0 Å². The Kier molecular flexibility index (Phi) is 4.35. The Bertz CT molecular complexity index is 739. The second-order valence-electron chi connectivity index (χ2n) is 4.07. The lowest BCUT2D eigenvalue weighted by molar-refractivity contribution is -0.384. The summed E-state index contributed by atoms with van der Waals surface area (Å²) in [6.07, 6.45) is 1.01. The number of hydrogen-bond donors (Lipinski definition) is 1. The molecule has 0 fully saturated rings. The van der Waals surface area contributed by atoms with Crippen molar-refractivity contribution in [2.24, 2.45) is 5.10 Å². The minimum Gasteiger partial charge on any atom is -0.272 e. The molecular weight excluding hydrogens is 306 g/mol. The quantitative estimate of drug-likeness (QED) is 0.308. The lowest BCUT2D eigenvalue weighted by atomic mass is 10.2. The van der Waals surface area contributed by atoms with E-state index in [1.54, 1.807) is 0 Å². The van der Waals surface area contributed by atoms with Crippen LogP contribution in [-0.4, -0.2) is 11.1 Å². The molecule has 0 aliphatic carbocycles. The SMILES string of the molecule is O=[N+]([O-])c1cccc(C=NNc2c(F)c(F)cc(F)c2F)c1. The first-order valence-corrected chi connectivity index (χ1v) is 5.76. The summed E-state index contributed by atoms with van der Waals surface area (Å²) in [5.41, 5.74) is 0.771. The molecule has 0 bridgehead atoms. The van der Waals surface area contributed by atoms with E-state index in [0.717, 1.165) is 12.3 Å². The topological polar surface area (TPSA) is 67.5 Å². The van der Waals surface area contributed by atoms with E-state index in [9.17, 15) is 27.7 Å². The lowest BCUT2D eigenvalue weighted by Crippen LogP contribution is -2.02. The van der Waals surface area contributed by atoms with Crippen molar-refractivity contribution in [2.45, 2.75) is 0 Å². The highest BCUT2D eigenvalue weighted by Gasteiger charge is 2.18. The van der Waals surface area contributed by atoms with Crippen molar-refractivity contribution < 1.29 is 22.5 Å². The summed E-state index contributed by atoms with van der Waals surface area (Å²) in [4.78, 5) is 9.94. The predicted octanol–water partition coefficient (Wildman–Crippen LogP) is 3.60. The molecule has 0 aliphatic heterocycles. The maximum Gasteiger partial charge on any atom is 0.270 e. The molecule has 0 amide bonds. The number of anilines is 1. The van der Waals surface area contributed by atoms with E-state index in [-0.39, 0.29) is 17.3 Å². The summed E-state index contributed by atoms with van der Waals surface area (Å²) >= 11 is 0. The fraction of sp³-hybridized carbons (Fsp3) is 0. The smallest absolute Gasteiger partial charge is 0.270 e. The highest BCUT2D eigenvalue weighted by atomic mass is 19.2. The zero-order chi connectivity index (χ0) is 16.3. The Balaban J connectivity index is 2.23. The van der Waals surface area contributed by atoms with Crippen LogP contribution in [0.1, 0.15) is 5.56 Å². The van der Waals surface area contributed by atoms with E-state index >= 15 is 0 Å². The molecule has 9 heteroatoms.